The largest absolute Gasteiger partial charge is 1.00 e. The molecule has 0 radical (unpaired) electrons. The molecule has 0 spiro atoms. The summed E-state index contributed by atoms with van der Waals surface area (Å²) >= 11 is 0. The van der Waals surface area contributed by atoms with Gasteiger partial charge in [-0.25, -0.2) is 0 Å². The van der Waals surface area contributed by atoms with Crippen LogP contribution in [0.1, 0.15) is 2.85 Å². The summed E-state index contributed by atoms with van der Waals surface area (Å²) in [7, 11) is 0. The van der Waals surface area contributed by atoms with Crippen molar-refractivity contribution < 1.29 is 71.9 Å². The zero-order chi connectivity index (χ0) is 6.41. The van der Waals surface area contributed by atoms with Crippen LogP contribution in [0, 0.1) is 0 Å². The van der Waals surface area contributed by atoms with Crippen LogP contribution in [-0.2, 0) is 4.79 Å². The van der Waals surface area contributed by atoms with E-state index in [0.29, 0.717) is 13.1 Å². The van der Waals surface area contributed by atoms with Gasteiger partial charge < -0.3 is 19.0 Å². The molecule has 0 rings (SSSR count). The number of nitrogens with one attached hydrogen (secondary N) is 1. The summed E-state index contributed by atoms with van der Waals surface area (Å²) in [5, 5.41) is 10.6. The molecule has 10 heavy (non-hydrogen) atoms. The molecule has 0 atom stereocenters. The van der Waals surface area contributed by atoms with Crippen molar-refractivity contribution in [3.05, 3.63) is 0 Å². The summed E-state index contributed by atoms with van der Waals surface area (Å²) in [6.07, 6.45) is 0. The molecule has 4 nitrogen and oxygen atoms in total. The molecular weight excluding hydrogens is 154 g/mol. The molecule has 52 valence electrons. The van der Waals surface area contributed by atoms with Crippen LogP contribution in [-0.4, -0.2) is 30.7 Å². The van der Waals surface area contributed by atoms with Crippen LogP contribution >= 0.6 is 0 Å². The van der Waals surface area contributed by atoms with Gasteiger partial charge in [0.2, 0.25) is 0 Å². The van der Waals surface area contributed by atoms with Gasteiger partial charge in [0.1, 0.15) is 0 Å². The van der Waals surface area contributed by atoms with Gasteiger partial charge in [-0.05, 0) is 0 Å². The fraction of sp³-hybridized carbons (Fsp3) is 0.750. The number of nitrogens with two attached hydrogens (primary N) is 1. The summed E-state index contributed by atoms with van der Waals surface area (Å²) in [5.41, 5.74) is 5.06. The van der Waals surface area contributed by atoms with Gasteiger partial charge in [-0.1, -0.05) is 0 Å². The molecule has 0 aromatic heterocycles. The molecule has 0 aliphatic heterocycles. The summed E-state index contributed by atoms with van der Waals surface area (Å²) in [6, 6.07) is 0. The molecule has 0 amide bonds. The maximum Gasteiger partial charge on any atom is 1.00 e. The molecule has 4 N–H and O–H groups in total. The van der Waals surface area contributed by atoms with E-state index >= 15 is 0 Å². The van der Waals surface area contributed by atoms with Crippen LogP contribution in [0.4, 0.5) is 0 Å². The fourth-order valence-corrected chi connectivity index (χ4v) is 0.297. The molecule has 0 aromatic rings. The monoisotopic (exact) mass is 166 g/mol. The molecule has 0 heterocycles. The van der Waals surface area contributed by atoms with E-state index in [0.717, 1.165) is 0 Å². The SMILES string of the molecule is NCCNCC(=O)O.[H-].[H-].[Na+].[Na+]. The van der Waals surface area contributed by atoms with E-state index in [1.54, 1.807) is 0 Å². The van der Waals surface area contributed by atoms with Crippen molar-refractivity contribution in [2.24, 2.45) is 5.73 Å². The third kappa shape index (κ3) is 16.2. The van der Waals surface area contributed by atoms with E-state index in [1.807, 2.05) is 0 Å². The van der Waals surface area contributed by atoms with E-state index in [2.05, 4.69) is 5.32 Å². The Balaban J connectivity index is -0.0000000408. The number of carbonyl (C=O) groups is 1. The number of rotatable bonds is 4. The summed E-state index contributed by atoms with van der Waals surface area (Å²) in [6.45, 7) is 1.04. The normalized spacial score (nSPS) is 7.30. The topological polar surface area (TPSA) is 75.3 Å². The van der Waals surface area contributed by atoms with Gasteiger partial charge >= 0.3 is 65.1 Å². The predicted octanol–water partition coefficient (Wildman–Crippen LogP) is -7.15. The van der Waals surface area contributed by atoms with Crippen LogP contribution in [0.15, 0.2) is 0 Å². The second-order valence-electron chi connectivity index (χ2n) is 1.36. The minimum absolute atomic E-state index is 0. The quantitative estimate of drug-likeness (QED) is 0.286. The van der Waals surface area contributed by atoms with Crippen molar-refractivity contribution in [2.75, 3.05) is 19.6 Å². The molecule has 0 saturated carbocycles. The Kier molecular flexibility index (Phi) is 22.7. The van der Waals surface area contributed by atoms with E-state index in [9.17, 15) is 4.79 Å². The van der Waals surface area contributed by atoms with E-state index in [1.165, 1.54) is 0 Å². The van der Waals surface area contributed by atoms with Crippen molar-refractivity contribution in [1.82, 2.24) is 5.32 Å². The number of hydrogen-bond donors (Lipinski definition) is 3. The van der Waals surface area contributed by atoms with Gasteiger partial charge in [0, 0.05) is 13.1 Å². The van der Waals surface area contributed by atoms with Gasteiger partial charge in [0.05, 0.1) is 6.54 Å². The number of hydrogen-bond acceptors (Lipinski definition) is 3. The average molecular weight is 166 g/mol. The van der Waals surface area contributed by atoms with E-state index < -0.39 is 5.97 Å². The maximum absolute atomic E-state index is 9.77. The first kappa shape index (κ1) is 17.5. The van der Waals surface area contributed by atoms with Crippen LogP contribution in [0.25, 0.3) is 0 Å². The van der Waals surface area contributed by atoms with E-state index in [-0.39, 0.29) is 68.5 Å². The van der Waals surface area contributed by atoms with Gasteiger partial charge in [0.15, 0.2) is 0 Å². The third-order valence-corrected chi connectivity index (χ3v) is 0.597. The summed E-state index contributed by atoms with van der Waals surface area (Å²) < 4.78 is 0. The standard InChI is InChI=1S/C4H10N2O2.2Na.2H/c5-1-2-6-3-4(7)8;;;;/h6H,1-3,5H2,(H,7,8);;;;/q;2*+1;2*-1. The first-order valence-electron chi connectivity index (χ1n) is 2.40. The molecule has 0 saturated heterocycles. The van der Waals surface area contributed by atoms with Crippen molar-refractivity contribution in [3.8, 4) is 0 Å². The number of aliphatic carboxylic acids is 1. The third-order valence-electron chi connectivity index (χ3n) is 0.597. The van der Waals surface area contributed by atoms with Crippen molar-refractivity contribution in [2.45, 2.75) is 0 Å². The van der Waals surface area contributed by atoms with Crippen LogP contribution in [0.2, 0.25) is 0 Å². The average Bonchev–Trinajstić information content (AvgIpc) is 1.66. The second-order valence-corrected chi connectivity index (χ2v) is 1.36. The summed E-state index contributed by atoms with van der Waals surface area (Å²) in [5.74, 6) is -0.849. The number of carboxylic acid groups (broad SMARTS) is 1. The molecule has 0 aromatic carbocycles. The molecule has 6 heteroatoms. The Labute approximate surface area is 107 Å². The molecule has 0 aliphatic rings. The molecule has 0 aliphatic carbocycles. The van der Waals surface area contributed by atoms with Crippen LogP contribution < -0.4 is 70.2 Å². The van der Waals surface area contributed by atoms with E-state index in [4.69, 9.17) is 10.8 Å². The second kappa shape index (κ2) is 13.0. The van der Waals surface area contributed by atoms with Crippen LogP contribution in [0.3, 0.4) is 0 Å². The van der Waals surface area contributed by atoms with Crippen LogP contribution in [0.5, 0.6) is 0 Å². The minimum Gasteiger partial charge on any atom is -1.00 e. The minimum atomic E-state index is -0.849. The Hall–Kier alpha value is 1.39. The molecule has 0 unspecified atom stereocenters. The Morgan fingerprint density at radius 2 is 2.10 bits per heavy atom. The first-order chi connectivity index (χ1) is 3.77. The predicted molar refractivity (Wildman–Crippen MR) is 31.8 cm³/mol. The van der Waals surface area contributed by atoms with Gasteiger partial charge in [0.25, 0.3) is 0 Å². The van der Waals surface area contributed by atoms with Gasteiger partial charge in [-0.2, -0.15) is 0 Å². The Morgan fingerprint density at radius 3 is 2.40 bits per heavy atom. The Morgan fingerprint density at radius 1 is 1.60 bits per heavy atom. The zero-order valence-electron chi connectivity index (χ0n) is 8.55. The van der Waals surface area contributed by atoms with Gasteiger partial charge in [-0.3, -0.25) is 4.79 Å². The smallest absolute Gasteiger partial charge is 1.00 e. The first-order valence-corrected chi connectivity index (χ1v) is 2.40. The van der Waals surface area contributed by atoms with Crippen molar-refractivity contribution in [1.29, 1.82) is 0 Å². The molecule has 0 bridgehead atoms. The van der Waals surface area contributed by atoms with Crippen molar-refractivity contribution >= 4 is 5.97 Å². The zero-order valence-corrected chi connectivity index (χ0v) is 10.6. The molecule has 0 fully saturated rings. The van der Waals surface area contributed by atoms with Crippen molar-refractivity contribution in [3.63, 3.8) is 0 Å². The Bertz CT molecular complexity index is 89.5. The number of carboxylic acids is 1. The fourth-order valence-electron chi connectivity index (χ4n) is 0.297. The van der Waals surface area contributed by atoms with Gasteiger partial charge in [-0.15, -0.1) is 0 Å². The summed E-state index contributed by atoms with van der Waals surface area (Å²) in [4.78, 5) is 9.77. The maximum atomic E-state index is 9.77. The molecular formula is C4H12N2Na2O2.